The number of nitrogens with zero attached hydrogens (tertiary/aromatic N) is 1. The van der Waals surface area contributed by atoms with Crippen molar-refractivity contribution in [3.8, 4) is 11.5 Å². The average Bonchev–Trinajstić information content (AvgIpc) is 2.63. The molecule has 0 aromatic heterocycles. The van der Waals surface area contributed by atoms with Crippen LogP contribution >= 0.6 is 0 Å². The number of benzene rings is 2. The Hall–Kier alpha value is -2.74. The van der Waals surface area contributed by atoms with Gasteiger partial charge in [-0.15, -0.1) is 0 Å². The van der Waals surface area contributed by atoms with E-state index in [0.717, 1.165) is 21.9 Å². The van der Waals surface area contributed by atoms with Gasteiger partial charge in [0.05, 0.1) is 25.6 Å². The topological polar surface area (TPSA) is 84.9 Å². The van der Waals surface area contributed by atoms with Crippen molar-refractivity contribution in [2.24, 2.45) is 0 Å². The van der Waals surface area contributed by atoms with E-state index >= 15 is 0 Å². The van der Waals surface area contributed by atoms with Crippen molar-refractivity contribution in [2.45, 2.75) is 6.92 Å². The molecule has 146 valence electrons. The summed E-state index contributed by atoms with van der Waals surface area (Å²) in [5.41, 5.74) is 1.37. The number of carbonyl (C=O) groups is 1. The van der Waals surface area contributed by atoms with Crippen LogP contribution in [0.2, 0.25) is 0 Å². The van der Waals surface area contributed by atoms with Crippen LogP contribution in [0.15, 0.2) is 48.5 Å². The van der Waals surface area contributed by atoms with E-state index in [0.29, 0.717) is 11.4 Å². The summed E-state index contributed by atoms with van der Waals surface area (Å²) in [4.78, 5) is 12.2. The third kappa shape index (κ3) is 6.18. The molecule has 8 heteroatoms. The van der Waals surface area contributed by atoms with Gasteiger partial charge in [0.1, 0.15) is 24.7 Å². The lowest BCUT2D eigenvalue weighted by Crippen LogP contribution is -2.41. The fraction of sp³-hybridized carbons (Fsp3) is 0.316. The van der Waals surface area contributed by atoms with E-state index in [1.165, 1.54) is 7.11 Å². The Bertz CT molecular complexity index is 883. The Kier molecular flexibility index (Phi) is 7.06. The van der Waals surface area contributed by atoms with E-state index in [2.05, 4.69) is 5.32 Å². The van der Waals surface area contributed by atoms with Crippen molar-refractivity contribution < 1.29 is 22.7 Å². The molecule has 0 unspecified atom stereocenters. The van der Waals surface area contributed by atoms with Gasteiger partial charge in [0.25, 0.3) is 0 Å². The first-order valence-electron chi connectivity index (χ1n) is 8.38. The Morgan fingerprint density at radius 1 is 1.15 bits per heavy atom. The molecular weight excluding hydrogens is 368 g/mol. The second-order valence-corrected chi connectivity index (χ2v) is 7.84. The average molecular weight is 392 g/mol. The van der Waals surface area contributed by atoms with Crippen LogP contribution in [-0.2, 0) is 14.8 Å². The first kappa shape index (κ1) is 20.6. The standard InChI is InChI=1S/C19H24N2O5S/c1-15-7-4-5-10-18(15)26-12-11-20-19(22)14-21(27(3,23)24)16-8-6-9-17(13-16)25-2/h4-10,13H,11-12,14H2,1-3H3,(H,20,22). The van der Waals surface area contributed by atoms with Crippen LogP contribution in [0.1, 0.15) is 5.56 Å². The molecule has 0 bridgehead atoms. The second kappa shape index (κ2) is 9.27. The summed E-state index contributed by atoms with van der Waals surface area (Å²) >= 11 is 0. The highest BCUT2D eigenvalue weighted by Gasteiger charge is 2.21. The molecule has 0 fully saturated rings. The summed E-state index contributed by atoms with van der Waals surface area (Å²) in [6.45, 7) is 2.17. The molecule has 1 N–H and O–H groups in total. The molecule has 0 aliphatic carbocycles. The molecule has 0 heterocycles. The molecule has 0 atom stereocenters. The quantitative estimate of drug-likeness (QED) is 0.660. The van der Waals surface area contributed by atoms with Crippen molar-refractivity contribution in [2.75, 3.05) is 37.4 Å². The number of sulfonamides is 1. The Labute approximate surface area is 160 Å². The van der Waals surface area contributed by atoms with Gasteiger partial charge >= 0.3 is 0 Å². The van der Waals surface area contributed by atoms with E-state index in [4.69, 9.17) is 9.47 Å². The van der Waals surface area contributed by atoms with Gasteiger partial charge < -0.3 is 14.8 Å². The largest absolute Gasteiger partial charge is 0.497 e. The van der Waals surface area contributed by atoms with Gasteiger partial charge in [-0.2, -0.15) is 0 Å². The van der Waals surface area contributed by atoms with Gasteiger partial charge in [0.15, 0.2) is 0 Å². The summed E-state index contributed by atoms with van der Waals surface area (Å²) in [6.07, 6.45) is 1.06. The summed E-state index contributed by atoms with van der Waals surface area (Å²) in [5, 5.41) is 2.67. The van der Waals surface area contributed by atoms with E-state index < -0.39 is 15.9 Å². The van der Waals surface area contributed by atoms with E-state index in [-0.39, 0.29) is 19.7 Å². The molecule has 0 saturated carbocycles. The number of carbonyl (C=O) groups excluding carboxylic acids is 1. The predicted octanol–water partition coefficient (Wildman–Crippen LogP) is 1.96. The number of ether oxygens (including phenoxy) is 2. The zero-order valence-electron chi connectivity index (χ0n) is 15.6. The van der Waals surface area contributed by atoms with Gasteiger partial charge in [-0.3, -0.25) is 9.10 Å². The molecule has 2 rings (SSSR count). The van der Waals surface area contributed by atoms with E-state index in [9.17, 15) is 13.2 Å². The fourth-order valence-electron chi connectivity index (χ4n) is 2.42. The van der Waals surface area contributed by atoms with Crippen LogP contribution < -0.4 is 19.1 Å². The molecule has 7 nitrogen and oxygen atoms in total. The molecule has 2 aromatic carbocycles. The summed E-state index contributed by atoms with van der Waals surface area (Å²) < 4.78 is 36.0. The normalized spacial score (nSPS) is 10.9. The van der Waals surface area contributed by atoms with Gasteiger partial charge in [-0.25, -0.2) is 8.42 Å². The smallest absolute Gasteiger partial charge is 0.240 e. The van der Waals surface area contributed by atoms with Crippen LogP contribution in [0.25, 0.3) is 0 Å². The monoisotopic (exact) mass is 392 g/mol. The number of hydrogen-bond donors (Lipinski definition) is 1. The lowest BCUT2D eigenvalue weighted by molar-refractivity contribution is -0.119. The van der Waals surface area contributed by atoms with Crippen molar-refractivity contribution in [1.29, 1.82) is 0 Å². The minimum atomic E-state index is -3.63. The lowest BCUT2D eigenvalue weighted by atomic mass is 10.2. The highest BCUT2D eigenvalue weighted by Crippen LogP contribution is 2.22. The molecule has 0 aliphatic rings. The molecular formula is C19H24N2O5S. The first-order valence-corrected chi connectivity index (χ1v) is 10.2. The molecule has 0 saturated heterocycles. The fourth-order valence-corrected chi connectivity index (χ4v) is 3.27. The molecule has 0 radical (unpaired) electrons. The minimum absolute atomic E-state index is 0.267. The molecule has 0 aliphatic heterocycles. The van der Waals surface area contributed by atoms with E-state index in [1.807, 2.05) is 31.2 Å². The molecule has 0 spiro atoms. The van der Waals surface area contributed by atoms with Gasteiger partial charge in [0, 0.05) is 6.07 Å². The molecule has 27 heavy (non-hydrogen) atoms. The van der Waals surface area contributed by atoms with Crippen LogP contribution in [0, 0.1) is 6.92 Å². The predicted molar refractivity (Wildman–Crippen MR) is 105 cm³/mol. The maximum absolute atomic E-state index is 12.2. The van der Waals surface area contributed by atoms with Crippen molar-refractivity contribution >= 4 is 21.6 Å². The number of hydrogen-bond acceptors (Lipinski definition) is 5. The number of aryl methyl sites for hydroxylation is 1. The first-order chi connectivity index (χ1) is 12.8. The third-order valence-corrected chi connectivity index (χ3v) is 4.94. The lowest BCUT2D eigenvalue weighted by Gasteiger charge is -2.22. The van der Waals surface area contributed by atoms with Gasteiger partial charge in [0.2, 0.25) is 15.9 Å². The number of methoxy groups -OCH3 is 1. The van der Waals surface area contributed by atoms with Crippen molar-refractivity contribution in [3.05, 3.63) is 54.1 Å². The Morgan fingerprint density at radius 2 is 1.89 bits per heavy atom. The highest BCUT2D eigenvalue weighted by atomic mass is 32.2. The molecule has 1 amide bonds. The zero-order valence-corrected chi connectivity index (χ0v) is 16.5. The minimum Gasteiger partial charge on any atom is -0.497 e. The number of para-hydroxylation sites is 1. The van der Waals surface area contributed by atoms with Crippen LogP contribution in [0.3, 0.4) is 0 Å². The van der Waals surface area contributed by atoms with Crippen molar-refractivity contribution in [1.82, 2.24) is 5.32 Å². The number of nitrogens with one attached hydrogen (secondary N) is 1. The van der Waals surface area contributed by atoms with E-state index in [1.54, 1.807) is 24.3 Å². The Morgan fingerprint density at radius 3 is 2.56 bits per heavy atom. The highest BCUT2D eigenvalue weighted by molar-refractivity contribution is 7.92. The van der Waals surface area contributed by atoms with Gasteiger partial charge in [-0.1, -0.05) is 24.3 Å². The van der Waals surface area contributed by atoms with Crippen LogP contribution in [0.4, 0.5) is 5.69 Å². The van der Waals surface area contributed by atoms with Gasteiger partial charge in [-0.05, 0) is 30.7 Å². The number of anilines is 1. The third-order valence-electron chi connectivity index (χ3n) is 3.80. The zero-order chi connectivity index (χ0) is 19.9. The number of amides is 1. The maximum atomic E-state index is 12.2. The van der Waals surface area contributed by atoms with Crippen LogP contribution in [-0.4, -0.2) is 47.4 Å². The maximum Gasteiger partial charge on any atom is 0.240 e. The number of rotatable bonds is 9. The summed E-state index contributed by atoms with van der Waals surface area (Å²) in [7, 11) is -2.14. The second-order valence-electron chi connectivity index (χ2n) is 5.94. The summed E-state index contributed by atoms with van der Waals surface area (Å²) in [5.74, 6) is 0.839. The Balaban J connectivity index is 1.93. The van der Waals surface area contributed by atoms with Crippen LogP contribution in [0.5, 0.6) is 11.5 Å². The molecule has 2 aromatic rings. The van der Waals surface area contributed by atoms with Crippen molar-refractivity contribution in [3.63, 3.8) is 0 Å². The summed E-state index contributed by atoms with van der Waals surface area (Å²) in [6, 6.07) is 14.1. The SMILES string of the molecule is COc1cccc(N(CC(=O)NCCOc2ccccc2C)S(C)(=O)=O)c1.